The molecular formula is C54H58N4OPt-2. The van der Waals surface area contributed by atoms with E-state index in [1.165, 1.54) is 55.6 Å². The fraction of sp³-hybridized carbons (Fsp3) is 0.370. The molecule has 7 aromatic rings. The Hall–Kier alpha value is -4.73. The maximum absolute atomic E-state index is 6.71. The molecule has 1 aliphatic heterocycles. The summed E-state index contributed by atoms with van der Waals surface area (Å²) in [6.45, 7) is 32.5. The zero-order valence-corrected chi connectivity index (χ0v) is 40.3. The molecule has 2 aromatic heterocycles. The second-order valence-corrected chi connectivity index (χ2v) is 21.2. The van der Waals surface area contributed by atoms with Crippen LogP contribution in [0.2, 0.25) is 0 Å². The average molecular weight is 974 g/mol. The molecule has 0 N–H and O–H groups in total. The van der Waals surface area contributed by atoms with Gasteiger partial charge >= 0.3 is 0 Å². The van der Waals surface area contributed by atoms with Gasteiger partial charge < -0.3 is 13.9 Å². The molecule has 0 fully saturated rings. The average Bonchev–Trinajstić information content (AvgIpc) is 3.77. The van der Waals surface area contributed by atoms with Crippen LogP contribution in [0.4, 0.5) is 0 Å². The fourth-order valence-corrected chi connectivity index (χ4v) is 9.74. The van der Waals surface area contributed by atoms with Crippen LogP contribution in [0, 0.1) is 32.3 Å². The number of nitrogens with zero attached hydrogens (tertiary/aromatic N) is 4. The SMILES string of the molecule is Cc1cc(C)n(-c2[c-]c(Oc3[c-]c4c(cc3)C3(c5c(cc(C(C)(C)C)cc5C(C)(C)C)-c5cc(C(C)(C)C)cc(C(C)(C)C)c53)c3cccc5c3n-4[c-][n+]5C)ccc2)n1.[Pt]. The summed E-state index contributed by atoms with van der Waals surface area (Å²) in [5.74, 6) is 1.23. The summed E-state index contributed by atoms with van der Waals surface area (Å²) in [5.41, 5.74) is 18.3. The Morgan fingerprint density at radius 2 is 1.20 bits per heavy atom. The monoisotopic (exact) mass is 973 g/mol. The zero-order chi connectivity index (χ0) is 42.4. The number of hydrogen-bond acceptors (Lipinski definition) is 2. The van der Waals surface area contributed by atoms with Crippen LogP contribution < -0.4 is 9.30 Å². The van der Waals surface area contributed by atoms with Gasteiger partial charge in [-0.3, -0.25) is 4.68 Å². The van der Waals surface area contributed by atoms with Gasteiger partial charge in [0.15, 0.2) is 0 Å². The van der Waals surface area contributed by atoms with Crippen molar-refractivity contribution in [3.05, 3.63) is 153 Å². The Bertz CT molecular complexity index is 2800. The topological polar surface area (TPSA) is 35.9 Å². The summed E-state index contributed by atoms with van der Waals surface area (Å²) in [6.07, 6.45) is 3.71. The van der Waals surface area contributed by atoms with E-state index >= 15 is 0 Å². The molecule has 3 heterocycles. The number of ether oxygens (including phenoxy) is 1. The summed E-state index contributed by atoms with van der Waals surface area (Å²) >= 11 is 0. The fourth-order valence-electron chi connectivity index (χ4n) is 9.74. The third-order valence-electron chi connectivity index (χ3n) is 12.7. The van der Waals surface area contributed by atoms with E-state index in [9.17, 15) is 0 Å². The molecule has 0 saturated carbocycles. The van der Waals surface area contributed by atoms with Crippen LogP contribution in [-0.4, -0.2) is 14.3 Å². The Labute approximate surface area is 372 Å². The first-order chi connectivity index (χ1) is 27.5. The largest absolute Gasteiger partial charge is 0.510 e. The third kappa shape index (κ3) is 6.28. The molecule has 5 nitrogen and oxygen atoms in total. The number of aryl methyl sites for hydroxylation is 3. The number of hydrogen-bond donors (Lipinski definition) is 0. The van der Waals surface area contributed by atoms with E-state index in [4.69, 9.17) is 9.84 Å². The van der Waals surface area contributed by atoms with Crippen LogP contribution in [0.15, 0.2) is 78.9 Å². The van der Waals surface area contributed by atoms with Crippen molar-refractivity contribution in [2.24, 2.45) is 7.05 Å². The van der Waals surface area contributed by atoms with E-state index in [0.29, 0.717) is 11.5 Å². The minimum absolute atomic E-state index is 0. The number of aromatic nitrogens is 4. The van der Waals surface area contributed by atoms with Gasteiger partial charge in [0.2, 0.25) is 6.33 Å². The maximum Gasteiger partial charge on any atom is 0.242 e. The van der Waals surface area contributed by atoms with E-state index in [-0.39, 0.29) is 42.7 Å². The second kappa shape index (κ2) is 13.6. The van der Waals surface area contributed by atoms with Gasteiger partial charge in [0.05, 0.1) is 23.8 Å². The molecule has 0 saturated heterocycles. The van der Waals surface area contributed by atoms with Crippen LogP contribution in [0.1, 0.15) is 139 Å². The van der Waals surface area contributed by atoms with Crippen molar-refractivity contribution in [3.8, 4) is 34.0 Å². The molecule has 0 unspecified atom stereocenters. The quantitative estimate of drug-likeness (QED) is 0.131. The van der Waals surface area contributed by atoms with E-state index in [0.717, 1.165) is 33.8 Å². The molecule has 5 aromatic carbocycles. The van der Waals surface area contributed by atoms with Gasteiger partial charge in [0, 0.05) is 43.7 Å². The first-order valence-corrected chi connectivity index (χ1v) is 21.1. The van der Waals surface area contributed by atoms with Gasteiger partial charge in [0.25, 0.3) is 0 Å². The second-order valence-electron chi connectivity index (χ2n) is 21.2. The third-order valence-corrected chi connectivity index (χ3v) is 12.7. The van der Waals surface area contributed by atoms with Gasteiger partial charge in [-0.05, 0) is 97.3 Å². The van der Waals surface area contributed by atoms with E-state index in [1.54, 1.807) is 0 Å². The predicted octanol–water partition coefficient (Wildman–Crippen LogP) is 12.3. The minimum Gasteiger partial charge on any atom is -0.510 e. The van der Waals surface area contributed by atoms with Gasteiger partial charge in [0.1, 0.15) is 0 Å². The molecule has 6 heteroatoms. The van der Waals surface area contributed by atoms with Gasteiger partial charge in [-0.2, -0.15) is 17.2 Å². The van der Waals surface area contributed by atoms with Crippen molar-refractivity contribution in [1.29, 1.82) is 0 Å². The molecule has 1 aliphatic carbocycles. The van der Waals surface area contributed by atoms with Gasteiger partial charge in [-0.15, -0.1) is 35.9 Å². The number of rotatable bonds is 3. The smallest absolute Gasteiger partial charge is 0.242 e. The molecule has 1 spiro atoms. The van der Waals surface area contributed by atoms with Crippen molar-refractivity contribution >= 4 is 11.0 Å². The normalized spacial score (nSPS) is 14.2. The number of benzene rings is 5. The Kier molecular flexibility index (Phi) is 9.54. The standard InChI is InChI=1S/C54H58N4O.Pt/c1-32-24-33(2)58(55-32)36-18-16-19-37(29-36)59-38-22-23-41-46(30-38)57-31-56(15)45-21-17-20-42(49(45)57)54(41)47-39(25-34(50(3,4)5)27-43(47)52(9,10)11)40-26-35(51(6,7)8)28-44(48(40)54)53(12,13)14;/h16-28H,1-15H3;/q-2;. The maximum atomic E-state index is 6.71. The molecule has 0 amide bonds. The number of para-hydroxylation sites is 1. The van der Waals surface area contributed by atoms with Crippen LogP contribution >= 0.6 is 0 Å². The van der Waals surface area contributed by atoms with Gasteiger partial charge in [-0.25, -0.2) is 0 Å². The van der Waals surface area contributed by atoms with Crippen molar-refractivity contribution in [2.75, 3.05) is 0 Å². The summed E-state index contributed by atoms with van der Waals surface area (Å²) in [5, 5.41) is 4.71. The van der Waals surface area contributed by atoms with Crippen LogP contribution in [0.5, 0.6) is 11.5 Å². The molecule has 60 heavy (non-hydrogen) atoms. The van der Waals surface area contributed by atoms with Gasteiger partial charge in [-0.1, -0.05) is 131 Å². The molecule has 2 aliphatic rings. The van der Waals surface area contributed by atoms with Crippen LogP contribution in [0.3, 0.4) is 0 Å². The molecular weight excluding hydrogens is 916 g/mol. The van der Waals surface area contributed by atoms with Crippen molar-refractivity contribution < 1.29 is 30.4 Å². The Morgan fingerprint density at radius 3 is 1.73 bits per heavy atom. The van der Waals surface area contributed by atoms with Crippen molar-refractivity contribution in [2.45, 2.75) is 124 Å². The first kappa shape index (κ1) is 42.0. The summed E-state index contributed by atoms with van der Waals surface area (Å²) in [7, 11) is 2.10. The van der Waals surface area contributed by atoms with Crippen molar-refractivity contribution in [3.63, 3.8) is 0 Å². The van der Waals surface area contributed by atoms with Crippen molar-refractivity contribution in [1.82, 2.24) is 14.3 Å². The van der Waals surface area contributed by atoms with Crippen LogP contribution in [-0.2, 0) is 55.2 Å². The van der Waals surface area contributed by atoms with E-state index in [1.807, 2.05) is 29.8 Å². The zero-order valence-electron chi connectivity index (χ0n) is 38.0. The Balaban J connectivity index is 0.00000499. The molecule has 0 atom stereocenters. The number of imidazole rings is 1. The molecule has 0 bridgehead atoms. The number of fused-ring (bicyclic) bond motifs is 9. The van der Waals surface area contributed by atoms with E-state index < -0.39 is 5.41 Å². The first-order valence-electron chi connectivity index (χ1n) is 21.1. The summed E-state index contributed by atoms with van der Waals surface area (Å²) in [4.78, 5) is 0. The minimum atomic E-state index is -0.663. The molecule has 312 valence electrons. The Morgan fingerprint density at radius 1 is 0.633 bits per heavy atom. The molecule has 9 rings (SSSR count). The summed E-state index contributed by atoms with van der Waals surface area (Å²) < 4.78 is 13.0. The predicted molar refractivity (Wildman–Crippen MR) is 240 cm³/mol. The van der Waals surface area contributed by atoms with Crippen LogP contribution in [0.25, 0.3) is 33.5 Å². The summed E-state index contributed by atoms with van der Waals surface area (Å²) in [6, 6.07) is 36.8. The molecule has 0 radical (unpaired) electrons. The van der Waals surface area contributed by atoms with E-state index in [2.05, 4.69) is 185 Å².